The van der Waals surface area contributed by atoms with Crippen LogP contribution in [-0.2, 0) is 29.8 Å². The van der Waals surface area contributed by atoms with Gasteiger partial charge in [0, 0.05) is 36.5 Å². The minimum Gasteiger partial charge on any atom is -0.331 e. The number of hydrogen-bond acceptors (Lipinski definition) is 5. The van der Waals surface area contributed by atoms with Crippen LogP contribution < -0.4 is 0 Å². The Morgan fingerprint density at radius 2 is 2.04 bits per heavy atom. The molecule has 0 radical (unpaired) electrons. The highest BCUT2D eigenvalue weighted by Gasteiger charge is 2.27. The van der Waals surface area contributed by atoms with Crippen LogP contribution in [0.2, 0.25) is 0 Å². The van der Waals surface area contributed by atoms with Gasteiger partial charge in [0.1, 0.15) is 5.82 Å². The van der Waals surface area contributed by atoms with Crippen LogP contribution in [0, 0.1) is 0 Å². The van der Waals surface area contributed by atoms with Gasteiger partial charge in [0.05, 0.1) is 24.5 Å². The first-order valence-electron chi connectivity index (χ1n) is 8.54. The van der Waals surface area contributed by atoms with Crippen LogP contribution in [0.1, 0.15) is 43.5 Å². The highest BCUT2D eigenvalue weighted by molar-refractivity contribution is 5.78. The number of nitrogens with zero attached hydrogens (tertiary/aromatic N) is 5. The monoisotopic (exact) mass is 339 g/mol. The molecule has 0 saturated carbocycles. The summed E-state index contributed by atoms with van der Waals surface area (Å²) in [6, 6.07) is 5.82. The van der Waals surface area contributed by atoms with Gasteiger partial charge in [0.2, 0.25) is 5.91 Å². The smallest absolute Gasteiger partial charge is 0.237 e. The van der Waals surface area contributed by atoms with E-state index in [0.29, 0.717) is 26.2 Å². The molecule has 0 bridgehead atoms. The molecule has 2 aromatic rings. The third kappa shape index (κ3) is 4.20. The van der Waals surface area contributed by atoms with Gasteiger partial charge in [0.15, 0.2) is 0 Å². The Hall–Kier alpha value is -2.34. The molecule has 3 rings (SSSR count). The molecule has 0 aromatic carbocycles. The number of fused-ring (bicyclic) bond motifs is 1. The predicted octanol–water partition coefficient (Wildman–Crippen LogP) is 2.14. The summed E-state index contributed by atoms with van der Waals surface area (Å²) in [5.74, 6) is 0.932. The van der Waals surface area contributed by atoms with E-state index in [2.05, 4.69) is 35.7 Å². The predicted molar refractivity (Wildman–Crippen MR) is 95.6 cm³/mol. The number of hydrogen-bond donors (Lipinski definition) is 0. The van der Waals surface area contributed by atoms with Crippen molar-refractivity contribution in [1.29, 1.82) is 0 Å². The fourth-order valence-electron chi connectivity index (χ4n) is 2.85. The van der Waals surface area contributed by atoms with E-state index in [4.69, 9.17) is 0 Å². The lowest BCUT2D eigenvalue weighted by molar-refractivity contribution is -0.132. The zero-order valence-corrected chi connectivity index (χ0v) is 15.4. The molecule has 1 amide bonds. The summed E-state index contributed by atoms with van der Waals surface area (Å²) in [5, 5.41) is 0. The Morgan fingerprint density at radius 3 is 2.72 bits per heavy atom. The van der Waals surface area contributed by atoms with E-state index in [1.807, 2.05) is 41.2 Å². The second kappa shape index (κ2) is 6.88. The van der Waals surface area contributed by atoms with E-state index in [0.717, 1.165) is 22.8 Å². The molecule has 6 heteroatoms. The lowest BCUT2D eigenvalue weighted by atomic mass is 9.95. The Labute approximate surface area is 148 Å². The average molecular weight is 339 g/mol. The van der Waals surface area contributed by atoms with Crippen molar-refractivity contribution in [2.75, 3.05) is 13.6 Å². The van der Waals surface area contributed by atoms with E-state index in [-0.39, 0.29) is 11.3 Å². The normalized spacial score (nSPS) is 14.0. The van der Waals surface area contributed by atoms with Crippen LogP contribution in [0.25, 0.3) is 0 Å². The summed E-state index contributed by atoms with van der Waals surface area (Å²) < 4.78 is 0. The van der Waals surface area contributed by atoms with Crippen molar-refractivity contribution >= 4 is 5.91 Å². The number of aromatic nitrogens is 3. The number of amides is 1. The van der Waals surface area contributed by atoms with Crippen molar-refractivity contribution in [1.82, 2.24) is 24.8 Å². The lowest BCUT2D eigenvalue weighted by Crippen LogP contribution is -2.35. The van der Waals surface area contributed by atoms with Gasteiger partial charge >= 0.3 is 0 Å². The van der Waals surface area contributed by atoms with E-state index in [1.54, 1.807) is 6.20 Å². The highest BCUT2D eigenvalue weighted by atomic mass is 16.2. The first-order chi connectivity index (χ1) is 11.8. The number of pyridine rings is 1. The minimum atomic E-state index is -0.0879. The van der Waals surface area contributed by atoms with Gasteiger partial charge in [-0.3, -0.25) is 14.7 Å². The van der Waals surface area contributed by atoms with Gasteiger partial charge in [0.25, 0.3) is 0 Å². The molecule has 0 unspecified atom stereocenters. The van der Waals surface area contributed by atoms with Crippen LogP contribution in [0.15, 0.2) is 30.6 Å². The average Bonchev–Trinajstić information content (AvgIpc) is 2.98. The number of carbonyl (C=O) groups is 1. The lowest BCUT2D eigenvalue weighted by Gasteiger charge is -2.20. The second-order valence-corrected chi connectivity index (χ2v) is 7.66. The fraction of sp³-hybridized carbons (Fsp3) is 0.474. The number of likely N-dealkylation sites (N-methyl/N-ethyl adjacent to an activating group) is 1. The van der Waals surface area contributed by atoms with Crippen molar-refractivity contribution in [2.45, 2.75) is 45.8 Å². The van der Waals surface area contributed by atoms with Crippen molar-refractivity contribution < 1.29 is 4.79 Å². The molecule has 0 atom stereocenters. The van der Waals surface area contributed by atoms with Crippen LogP contribution in [0.5, 0.6) is 0 Å². The topological polar surface area (TPSA) is 62.2 Å². The maximum absolute atomic E-state index is 12.6. The van der Waals surface area contributed by atoms with Crippen LogP contribution in [0.3, 0.4) is 0 Å². The van der Waals surface area contributed by atoms with Gasteiger partial charge in [-0.15, -0.1) is 0 Å². The molecule has 0 spiro atoms. The van der Waals surface area contributed by atoms with Gasteiger partial charge in [-0.05, 0) is 19.2 Å². The molecule has 3 heterocycles. The summed E-state index contributed by atoms with van der Waals surface area (Å²) in [6.45, 7) is 8.47. The molecule has 2 aromatic heterocycles. The number of rotatable bonds is 4. The highest BCUT2D eigenvalue weighted by Crippen LogP contribution is 2.24. The summed E-state index contributed by atoms with van der Waals surface area (Å²) in [4.78, 5) is 29.9. The molecular formula is C19H25N5O. The van der Waals surface area contributed by atoms with Gasteiger partial charge in [-0.1, -0.05) is 26.8 Å². The summed E-state index contributed by atoms with van der Waals surface area (Å²) in [6.07, 6.45) is 3.64. The third-order valence-electron chi connectivity index (χ3n) is 4.24. The maximum atomic E-state index is 12.6. The van der Waals surface area contributed by atoms with Gasteiger partial charge in [-0.25, -0.2) is 9.97 Å². The third-order valence-corrected chi connectivity index (χ3v) is 4.24. The van der Waals surface area contributed by atoms with Gasteiger partial charge in [-0.2, -0.15) is 0 Å². The fourth-order valence-corrected chi connectivity index (χ4v) is 2.85. The standard InChI is InChI=1S/C19H25N5O/c1-19(2,3)18-21-9-14-10-24(12-16(14)22-18)17(25)13-23(4)11-15-7-5-6-8-20-15/h5-9H,10-13H2,1-4H3. The Bertz CT molecular complexity index is 754. The van der Waals surface area contributed by atoms with E-state index < -0.39 is 0 Å². The van der Waals surface area contributed by atoms with E-state index >= 15 is 0 Å². The molecule has 1 aliphatic heterocycles. The van der Waals surface area contributed by atoms with Crippen LogP contribution in [-0.4, -0.2) is 44.3 Å². The molecule has 132 valence electrons. The van der Waals surface area contributed by atoms with Crippen molar-refractivity contribution in [3.8, 4) is 0 Å². The molecule has 0 N–H and O–H groups in total. The summed E-state index contributed by atoms with van der Waals surface area (Å²) in [7, 11) is 1.94. The van der Waals surface area contributed by atoms with E-state index in [9.17, 15) is 4.79 Å². The van der Waals surface area contributed by atoms with Crippen LogP contribution >= 0.6 is 0 Å². The molecule has 6 nitrogen and oxygen atoms in total. The van der Waals surface area contributed by atoms with Crippen LogP contribution in [0.4, 0.5) is 0 Å². The zero-order valence-electron chi connectivity index (χ0n) is 15.4. The van der Waals surface area contributed by atoms with E-state index in [1.165, 1.54) is 0 Å². The molecule has 25 heavy (non-hydrogen) atoms. The molecule has 1 aliphatic rings. The molecule has 0 fully saturated rings. The zero-order chi connectivity index (χ0) is 18.0. The molecule has 0 saturated heterocycles. The van der Waals surface area contributed by atoms with Crippen molar-refractivity contribution in [3.05, 3.63) is 53.4 Å². The number of carbonyl (C=O) groups excluding carboxylic acids is 1. The first kappa shape index (κ1) is 17.5. The Morgan fingerprint density at radius 1 is 1.24 bits per heavy atom. The largest absolute Gasteiger partial charge is 0.331 e. The Kier molecular flexibility index (Phi) is 4.81. The quantitative estimate of drug-likeness (QED) is 0.854. The second-order valence-electron chi connectivity index (χ2n) is 7.66. The molecular weight excluding hydrogens is 314 g/mol. The maximum Gasteiger partial charge on any atom is 0.237 e. The first-order valence-corrected chi connectivity index (χ1v) is 8.54. The van der Waals surface area contributed by atoms with Crippen molar-refractivity contribution in [2.24, 2.45) is 0 Å². The summed E-state index contributed by atoms with van der Waals surface area (Å²) >= 11 is 0. The SMILES string of the molecule is CN(CC(=O)N1Cc2cnc(C(C)(C)C)nc2C1)Cc1ccccn1. The molecule has 0 aliphatic carbocycles. The van der Waals surface area contributed by atoms with Gasteiger partial charge < -0.3 is 4.90 Å². The van der Waals surface area contributed by atoms with Crippen molar-refractivity contribution in [3.63, 3.8) is 0 Å². The summed E-state index contributed by atoms with van der Waals surface area (Å²) in [5.41, 5.74) is 2.90. The minimum absolute atomic E-state index is 0.0879. The Balaban J connectivity index is 1.60.